The molecule has 0 aromatic carbocycles. The average Bonchev–Trinajstić information content (AvgIpc) is 2.96. The van der Waals surface area contributed by atoms with Gasteiger partial charge in [0.2, 0.25) is 0 Å². The van der Waals surface area contributed by atoms with Crippen molar-refractivity contribution in [2.45, 2.75) is 19.8 Å². The van der Waals surface area contributed by atoms with Crippen molar-refractivity contribution < 1.29 is 0 Å². The lowest BCUT2D eigenvalue weighted by Gasteiger charge is -2.17. The van der Waals surface area contributed by atoms with Crippen LogP contribution < -0.4 is 9.80 Å². The van der Waals surface area contributed by atoms with Gasteiger partial charge in [-0.3, -0.25) is 0 Å². The summed E-state index contributed by atoms with van der Waals surface area (Å²) in [6.45, 7) is 4.07. The van der Waals surface area contributed by atoms with Crippen LogP contribution in [0.2, 0.25) is 0 Å². The van der Waals surface area contributed by atoms with Gasteiger partial charge in [0.25, 0.3) is 0 Å². The van der Waals surface area contributed by atoms with Crippen LogP contribution in [0.4, 0.5) is 11.6 Å². The predicted octanol–water partition coefficient (Wildman–Crippen LogP) is 1.71. The maximum Gasteiger partial charge on any atom is 0.150 e. The van der Waals surface area contributed by atoms with Crippen molar-refractivity contribution in [2.75, 3.05) is 37.0 Å². The molecule has 22 heavy (non-hydrogen) atoms. The number of aryl methyl sites for hydroxylation is 1. The lowest BCUT2D eigenvalue weighted by Crippen LogP contribution is -2.21. The van der Waals surface area contributed by atoms with Gasteiger partial charge < -0.3 is 9.80 Å². The highest BCUT2D eigenvalue weighted by atomic mass is 15.2. The Balaban J connectivity index is 1.61. The van der Waals surface area contributed by atoms with Crippen molar-refractivity contribution in [2.24, 2.45) is 5.92 Å². The Hall–Kier alpha value is -2.24. The molecule has 0 radical (unpaired) electrons. The molecule has 0 amide bonds. The van der Waals surface area contributed by atoms with E-state index < -0.39 is 0 Å². The molecule has 116 valence electrons. The highest BCUT2D eigenvalue weighted by Crippen LogP contribution is 2.24. The maximum atomic E-state index is 4.38. The van der Waals surface area contributed by atoms with Crippen LogP contribution in [0.5, 0.6) is 0 Å². The molecule has 0 bridgehead atoms. The molecule has 3 rings (SSSR count). The van der Waals surface area contributed by atoms with E-state index in [1.54, 1.807) is 6.33 Å². The molecule has 1 atom stereocenters. The minimum absolute atomic E-state index is 0.606. The lowest BCUT2D eigenvalue weighted by atomic mass is 10.0. The van der Waals surface area contributed by atoms with E-state index in [4.69, 9.17) is 0 Å². The fourth-order valence-corrected chi connectivity index (χ4v) is 2.82. The first-order valence-corrected chi connectivity index (χ1v) is 7.65. The average molecular weight is 298 g/mol. The molecule has 0 saturated carbocycles. The summed E-state index contributed by atoms with van der Waals surface area (Å²) >= 11 is 0. The van der Waals surface area contributed by atoms with Crippen LogP contribution in [0.3, 0.4) is 0 Å². The molecule has 0 spiro atoms. The maximum absolute atomic E-state index is 4.38. The van der Waals surface area contributed by atoms with Crippen molar-refractivity contribution >= 4 is 11.6 Å². The van der Waals surface area contributed by atoms with Gasteiger partial charge >= 0.3 is 0 Å². The predicted molar refractivity (Wildman–Crippen MR) is 87.2 cm³/mol. The SMILES string of the molecule is Cc1cc(N2CCC(Cc3ccc(N(C)C)nn3)C2)ncn1. The number of hydrogen-bond donors (Lipinski definition) is 0. The van der Waals surface area contributed by atoms with Crippen molar-refractivity contribution in [1.82, 2.24) is 20.2 Å². The molecule has 0 N–H and O–H groups in total. The molecule has 6 nitrogen and oxygen atoms in total. The van der Waals surface area contributed by atoms with Gasteiger partial charge in [-0.25, -0.2) is 9.97 Å². The standard InChI is InChI=1S/C16H22N6/c1-12-8-16(18-11-17-12)22-7-6-13(10-22)9-14-4-5-15(20-19-14)21(2)3/h4-5,8,11,13H,6-7,9-10H2,1-3H3. The third-order valence-electron chi connectivity index (χ3n) is 4.06. The molecule has 2 aromatic heterocycles. The molecular formula is C16H22N6. The number of aromatic nitrogens is 4. The Bertz CT molecular complexity index is 625. The molecule has 3 heterocycles. The Morgan fingerprint density at radius 1 is 1.23 bits per heavy atom. The highest BCUT2D eigenvalue weighted by Gasteiger charge is 2.24. The molecule has 1 fully saturated rings. The zero-order valence-electron chi connectivity index (χ0n) is 13.4. The van der Waals surface area contributed by atoms with E-state index >= 15 is 0 Å². The van der Waals surface area contributed by atoms with Gasteiger partial charge in [0.1, 0.15) is 12.1 Å². The topological polar surface area (TPSA) is 58.0 Å². The van der Waals surface area contributed by atoms with Crippen LogP contribution >= 0.6 is 0 Å². The minimum Gasteiger partial charge on any atom is -0.361 e. The van der Waals surface area contributed by atoms with E-state index in [-0.39, 0.29) is 0 Å². The molecule has 2 aromatic rings. The summed E-state index contributed by atoms with van der Waals surface area (Å²) in [5, 5.41) is 8.59. The quantitative estimate of drug-likeness (QED) is 0.856. The third-order valence-corrected chi connectivity index (χ3v) is 4.06. The van der Waals surface area contributed by atoms with Gasteiger partial charge in [0, 0.05) is 38.9 Å². The summed E-state index contributed by atoms with van der Waals surface area (Å²) in [4.78, 5) is 12.8. The molecule has 1 saturated heterocycles. The Morgan fingerprint density at radius 2 is 2.09 bits per heavy atom. The van der Waals surface area contributed by atoms with Crippen LogP contribution in [-0.2, 0) is 6.42 Å². The van der Waals surface area contributed by atoms with Crippen molar-refractivity contribution in [3.63, 3.8) is 0 Å². The molecule has 6 heteroatoms. The molecule has 1 unspecified atom stereocenters. The van der Waals surface area contributed by atoms with Crippen LogP contribution in [-0.4, -0.2) is 47.4 Å². The molecule has 0 aliphatic carbocycles. The van der Waals surface area contributed by atoms with Gasteiger partial charge in [-0.2, -0.15) is 5.10 Å². The zero-order chi connectivity index (χ0) is 15.5. The van der Waals surface area contributed by atoms with Gasteiger partial charge in [-0.1, -0.05) is 0 Å². The number of nitrogens with zero attached hydrogens (tertiary/aromatic N) is 6. The van der Waals surface area contributed by atoms with Crippen LogP contribution in [0.25, 0.3) is 0 Å². The zero-order valence-corrected chi connectivity index (χ0v) is 13.4. The number of anilines is 2. The smallest absolute Gasteiger partial charge is 0.150 e. The van der Waals surface area contributed by atoms with Gasteiger partial charge in [0.05, 0.1) is 5.69 Å². The van der Waals surface area contributed by atoms with Gasteiger partial charge in [-0.05, 0) is 37.8 Å². The number of rotatable bonds is 4. The Kier molecular flexibility index (Phi) is 4.18. The van der Waals surface area contributed by atoms with Crippen molar-refractivity contribution in [3.05, 3.63) is 35.9 Å². The Labute approximate surface area is 131 Å². The minimum atomic E-state index is 0.606. The summed E-state index contributed by atoms with van der Waals surface area (Å²) in [5.41, 5.74) is 2.08. The van der Waals surface area contributed by atoms with E-state index in [2.05, 4.69) is 31.1 Å². The fraction of sp³-hybridized carbons (Fsp3) is 0.500. The Morgan fingerprint density at radius 3 is 2.77 bits per heavy atom. The lowest BCUT2D eigenvalue weighted by molar-refractivity contribution is 0.572. The largest absolute Gasteiger partial charge is 0.361 e. The van der Waals surface area contributed by atoms with Crippen LogP contribution in [0, 0.1) is 12.8 Å². The van der Waals surface area contributed by atoms with Crippen molar-refractivity contribution in [1.29, 1.82) is 0 Å². The van der Waals surface area contributed by atoms with Crippen LogP contribution in [0.15, 0.2) is 24.5 Å². The summed E-state index contributed by atoms with van der Waals surface area (Å²) < 4.78 is 0. The summed E-state index contributed by atoms with van der Waals surface area (Å²) in [6.07, 6.45) is 3.78. The van der Waals surface area contributed by atoms with E-state index in [1.165, 1.54) is 6.42 Å². The molecule has 1 aliphatic heterocycles. The van der Waals surface area contributed by atoms with E-state index in [0.29, 0.717) is 5.92 Å². The van der Waals surface area contributed by atoms with Gasteiger partial charge in [-0.15, -0.1) is 5.10 Å². The first kappa shape index (κ1) is 14.7. The number of hydrogen-bond acceptors (Lipinski definition) is 6. The van der Waals surface area contributed by atoms with E-state index in [1.807, 2.05) is 38.1 Å². The molecule has 1 aliphatic rings. The molecular weight excluding hydrogens is 276 g/mol. The second-order valence-electron chi connectivity index (χ2n) is 6.10. The first-order chi connectivity index (χ1) is 10.6. The monoisotopic (exact) mass is 298 g/mol. The van der Waals surface area contributed by atoms with Crippen molar-refractivity contribution in [3.8, 4) is 0 Å². The van der Waals surface area contributed by atoms with E-state index in [9.17, 15) is 0 Å². The first-order valence-electron chi connectivity index (χ1n) is 7.65. The summed E-state index contributed by atoms with van der Waals surface area (Å²) in [6, 6.07) is 6.16. The normalized spacial score (nSPS) is 17.8. The highest BCUT2D eigenvalue weighted by molar-refractivity contribution is 5.40. The second-order valence-corrected chi connectivity index (χ2v) is 6.10. The summed E-state index contributed by atoms with van der Waals surface area (Å²) in [5.74, 6) is 2.53. The second kappa shape index (κ2) is 6.25. The van der Waals surface area contributed by atoms with Crippen LogP contribution in [0.1, 0.15) is 17.8 Å². The van der Waals surface area contributed by atoms with E-state index in [0.717, 1.165) is 42.5 Å². The third kappa shape index (κ3) is 3.32. The fourth-order valence-electron chi connectivity index (χ4n) is 2.82. The van der Waals surface area contributed by atoms with Gasteiger partial charge in [0.15, 0.2) is 5.82 Å². The summed E-state index contributed by atoms with van der Waals surface area (Å²) in [7, 11) is 3.95.